The Kier molecular flexibility index (Phi) is 6.60. The van der Waals surface area contributed by atoms with Crippen LogP contribution in [0.15, 0.2) is 58.3 Å². The quantitative estimate of drug-likeness (QED) is 0.528. The van der Waals surface area contributed by atoms with Crippen LogP contribution in [0.4, 0.5) is 0 Å². The van der Waals surface area contributed by atoms with Gasteiger partial charge in [0, 0.05) is 34.1 Å². The molecule has 1 aromatic carbocycles. The number of halogens is 3. The van der Waals surface area contributed by atoms with E-state index in [1.807, 2.05) is 0 Å². The van der Waals surface area contributed by atoms with Crippen molar-refractivity contribution in [1.29, 1.82) is 0 Å². The summed E-state index contributed by atoms with van der Waals surface area (Å²) >= 11 is 17.6. The highest BCUT2D eigenvalue weighted by Crippen LogP contribution is 2.19. The van der Waals surface area contributed by atoms with Gasteiger partial charge in [0.05, 0.1) is 28.2 Å². The number of benzene rings is 1. The van der Waals surface area contributed by atoms with E-state index in [-0.39, 0.29) is 17.3 Å². The van der Waals surface area contributed by atoms with Crippen LogP contribution in [-0.4, -0.2) is 30.9 Å². The molecule has 0 aliphatic rings. The molecule has 1 amide bonds. The summed E-state index contributed by atoms with van der Waals surface area (Å²) in [6, 6.07) is 7.88. The third-order valence-electron chi connectivity index (χ3n) is 3.71. The van der Waals surface area contributed by atoms with Crippen LogP contribution < -0.4 is 0 Å². The highest BCUT2D eigenvalue weighted by atomic mass is 35.5. The van der Waals surface area contributed by atoms with Gasteiger partial charge in [0.15, 0.2) is 5.15 Å². The molecule has 0 radical (unpaired) electrons. The van der Waals surface area contributed by atoms with Gasteiger partial charge in [-0.3, -0.25) is 9.78 Å². The molecule has 0 saturated carbocycles. The largest absolute Gasteiger partial charge is 0.309 e. The van der Waals surface area contributed by atoms with Gasteiger partial charge in [-0.05, 0) is 30.3 Å². The van der Waals surface area contributed by atoms with Gasteiger partial charge in [-0.25, -0.2) is 9.19 Å². The number of amides is 1. The Bertz CT molecular complexity index is 1250. The van der Waals surface area contributed by atoms with Crippen LogP contribution in [-0.2, 0) is 16.3 Å². The number of hydrogen-bond donors (Lipinski definition) is 0. The molecule has 0 spiro atoms. The average Bonchev–Trinajstić information content (AvgIpc) is 3.00. The van der Waals surface area contributed by atoms with Gasteiger partial charge in [0.2, 0.25) is 0 Å². The van der Waals surface area contributed by atoms with E-state index in [1.54, 1.807) is 28.8 Å². The van der Waals surface area contributed by atoms with E-state index in [0.717, 1.165) is 0 Å². The maximum absolute atomic E-state index is 12.8. The van der Waals surface area contributed by atoms with Crippen molar-refractivity contribution in [3.63, 3.8) is 0 Å². The first kappa shape index (κ1) is 21.3. The van der Waals surface area contributed by atoms with E-state index in [4.69, 9.17) is 34.8 Å². The molecule has 29 heavy (non-hydrogen) atoms. The van der Waals surface area contributed by atoms with Crippen molar-refractivity contribution in [2.45, 2.75) is 11.4 Å². The maximum Gasteiger partial charge on any atom is 0.286 e. The topological polar surface area (TPSA) is 77.2 Å². The minimum Gasteiger partial charge on any atom is -0.309 e. The fraction of sp³-hybridized carbons (Fsp3) is 0.105. The molecule has 0 fully saturated rings. The van der Waals surface area contributed by atoms with Crippen LogP contribution in [0, 0.1) is 11.8 Å². The minimum absolute atomic E-state index is 0.184. The Labute approximate surface area is 183 Å². The van der Waals surface area contributed by atoms with E-state index in [0.29, 0.717) is 20.6 Å². The SMILES string of the molecule is CS(=O)(=NC(=O)c1cncc(C#CCn2cnc(Cl)c2Cl)c1)c1ccc(Cl)cc1. The van der Waals surface area contributed by atoms with Gasteiger partial charge < -0.3 is 4.57 Å². The van der Waals surface area contributed by atoms with Crippen molar-refractivity contribution in [1.82, 2.24) is 14.5 Å². The van der Waals surface area contributed by atoms with Gasteiger partial charge in [-0.2, -0.15) is 4.36 Å². The van der Waals surface area contributed by atoms with E-state index in [2.05, 4.69) is 26.2 Å². The van der Waals surface area contributed by atoms with Crippen molar-refractivity contribution < 1.29 is 9.00 Å². The van der Waals surface area contributed by atoms with E-state index < -0.39 is 15.6 Å². The summed E-state index contributed by atoms with van der Waals surface area (Å²) in [5.41, 5.74) is 0.687. The predicted octanol–water partition coefficient (Wildman–Crippen LogP) is 4.59. The smallest absolute Gasteiger partial charge is 0.286 e. The maximum atomic E-state index is 12.8. The van der Waals surface area contributed by atoms with Crippen LogP contribution in [0.25, 0.3) is 0 Å². The molecule has 6 nitrogen and oxygen atoms in total. The Morgan fingerprint density at radius 1 is 1.21 bits per heavy atom. The first-order chi connectivity index (χ1) is 13.8. The number of imidazole rings is 1. The third-order valence-corrected chi connectivity index (χ3v) is 6.39. The molecular weight excluding hydrogens is 455 g/mol. The number of hydrogen-bond acceptors (Lipinski definition) is 4. The van der Waals surface area contributed by atoms with Crippen molar-refractivity contribution in [3.05, 3.63) is 75.5 Å². The number of carbonyl (C=O) groups excluding carboxylic acids is 1. The summed E-state index contributed by atoms with van der Waals surface area (Å²) < 4.78 is 18.3. The number of nitrogens with zero attached hydrogens (tertiary/aromatic N) is 4. The Hall–Kier alpha value is -2.37. The normalized spacial score (nSPS) is 12.6. The minimum atomic E-state index is -2.93. The number of carbonyl (C=O) groups is 1. The molecule has 3 rings (SSSR count). The first-order valence-corrected chi connectivity index (χ1v) is 11.1. The lowest BCUT2D eigenvalue weighted by atomic mass is 10.2. The second kappa shape index (κ2) is 8.97. The molecule has 0 bridgehead atoms. The number of pyridine rings is 1. The summed E-state index contributed by atoms with van der Waals surface area (Å²) in [6.07, 6.45) is 5.73. The highest BCUT2D eigenvalue weighted by Gasteiger charge is 2.12. The van der Waals surface area contributed by atoms with Crippen LogP contribution >= 0.6 is 34.8 Å². The highest BCUT2D eigenvalue weighted by molar-refractivity contribution is 7.93. The van der Waals surface area contributed by atoms with Crippen molar-refractivity contribution >= 4 is 50.4 Å². The van der Waals surface area contributed by atoms with Gasteiger partial charge in [-0.1, -0.05) is 46.6 Å². The Balaban J connectivity index is 1.81. The summed E-state index contributed by atoms with van der Waals surface area (Å²) in [7, 11) is -2.93. The zero-order chi connectivity index (χ0) is 21.0. The molecule has 0 N–H and O–H groups in total. The van der Waals surface area contributed by atoms with Crippen molar-refractivity contribution in [2.24, 2.45) is 4.36 Å². The number of rotatable bonds is 3. The number of aromatic nitrogens is 3. The van der Waals surface area contributed by atoms with Gasteiger partial charge in [-0.15, -0.1) is 0 Å². The molecule has 0 aliphatic carbocycles. The zero-order valence-corrected chi connectivity index (χ0v) is 18.1. The molecule has 0 saturated heterocycles. The molecule has 1 unspecified atom stereocenters. The van der Waals surface area contributed by atoms with E-state index >= 15 is 0 Å². The monoisotopic (exact) mass is 466 g/mol. The fourth-order valence-electron chi connectivity index (χ4n) is 2.26. The molecule has 10 heteroatoms. The molecular formula is C19H13Cl3N4O2S. The van der Waals surface area contributed by atoms with Crippen LogP contribution in [0.5, 0.6) is 0 Å². The van der Waals surface area contributed by atoms with E-state index in [1.165, 1.54) is 31.0 Å². The lowest BCUT2D eigenvalue weighted by Crippen LogP contribution is -2.04. The van der Waals surface area contributed by atoms with Crippen molar-refractivity contribution in [3.8, 4) is 11.8 Å². The summed E-state index contributed by atoms with van der Waals surface area (Å²) in [6.45, 7) is 0.264. The first-order valence-electron chi connectivity index (χ1n) is 8.08. The molecule has 1 atom stereocenters. The second-order valence-corrected chi connectivity index (χ2v) is 9.28. The van der Waals surface area contributed by atoms with Crippen molar-refractivity contribution in [2.75, 3.05) is 6.26 Å². The van der Waals surface area contributed by atoms with Gasteiger partial charge in [0.1, 0.15) is 5.15 Å². The van der Waals surface area contributed by atoms with Gasteiger partial charge in [0.25, 0.3) is 5.91 Å². The molecule has 2 heterocycles. The summed E-state index contributed by atoms with van der Waals surface area (Å²) in [5, 5.41) is 1.000. The fourth-order valence-corrected chi connectivity index (χ4v) is 3.85. The molecule has 148 valence electrons. The zero-order valence-electron chi connectivity index (χ0n) is 15.0. The summed E-state index contributed by atoms with van der Waals surface area (Å²) in [4.78, 5) is 20.8. The van der Waals surface area contributed by atoms with Gasteiger partial charge >= 0.3 is 0 Å². The summed E-state index contributed by atoms with van der Waals surface area (Å²) in [5.74, 6) is 5.13. The van der Waals surface area contributed by atoms with Crippen LogP contribution in [0.3, 0.4) is 0 Å². The predicted molar refractivity (Wildman–Crippen MR) is 114 cm³/mol. The third kappa shape index (κ3) is 5.37. The lowest BCUT2D eigenvalue weighted by Gasteiger charge is -2.04. The Morgan fingerprint density at radius 3 is 2.59 bits per heavy atom. The van der Waals surface area contributed by atoms with Crippen LogP contribution in [0.2, 0.25) is 15.3 Å². The molecule has 0 aliphatic heterocycles. The second-order valence-electron chi connectivity index (χ2n) is 5.87. The van der Waals surface area contributed by atoms with Crippen LogP contribution in [0.1, 0.15) is 15.9 Å². The van der Waals surface area contributed by atoms with E-state index in [9.17, 15) is 9.00 Å². The standard InChI is InChI=1S/C19H13Cl3N4O2S/c1-29(28,16-6-4-15(20)5-7-16)25-19(27)14-9-13(10-23-11-14)3-2-8-26-12-24-17(21)18(26)22/h4-7,9-12H,8H2,1H3. The average molecular weight is 468 g/mol. The Morgan fingerprint density at radius 2 is 1.93 bits per heavy atom. The molecule has 2 aromatic heterocycles. The lowest BCUT2D eigenvalue weighted by molar-refractivity contribution is 0.100. The molecule has 3 aromatic rings.